The SMILES string of the molecule is C=O.CCc1nc(C)cn1-c1ncc(Cl)cc1NC.COC.Cc1ccc(C(C)(C)C)cc1. The van der Waals surface area contributed by atoms with Crippen molar-refractivity contribution in [3.8, 4) is 5.82 Å². The third-order valence-electron chi connectivity index (χ3n) is 4.46. The summed E-state index contributed by atoms with van der Waals surface area (Å²) in [5.74, 6) is 1.82. The van der Waals surface area contributed by atoms with Crippen LogP contribution in [-0.4, -0.2) is 42.6 Å². The summed E-state index contributed by atoms with van der Waals surface area (Å²) in [4.78, 5) is 16.8. The van der Waals surface area contributed by atoms with Crippen LogP contribution >= 0.6 is 11.6 Å². The fraction of sp³-hybridized carbons (Fsp3) is 0.423. The number of nitrogens with one attached hydrogen (secondary N) is 1. The number of nitrogens with zero attached hydrogens (tertiary/aromatic N) is 3. The minimum absolute atomic E-state index is 0.285. The van der Waals surface area contributed by atoms with Crippen molar-refractivity contribution in [2.75, 3.05) is 26.6 Å². The number of carbonyl (C=O) groups is 1. The number of pyridine rings is 1. The van der Waals surface area contributed by atoms with Crippen LogP contribution in [0.5, 0.6) is 0 Å². The Labute approximate surface area is 204 Å². The molecule has 0 saturated heterocycles. The lowest BCUT2D eigenvalue weighted by Gasteiger charge is -2.18. The Hall–Kier alpha value is -2.70. The van der Waals surface area contributed by atoms with Crippen LogP contribution in [0, 0.1) is 13.8 Å². The highest BCUT2D eigenvalue weighted by Crippen LogP contribution is 2.23. The Morgan fingerprint density at radius 2 is 1.67 bits per heavy atom. The third kappa shape index (κ3) is 10.2. The highest BCUT2D eigenvalue weighted by molar-refractivity contribution is 6.30. The van der Waals surface area contributed by atoms with Crippen molar-refractivity contribution >= 4 is 24.1 Å². The highest BCUT2D eigenvalue weighted by Gasteiger charge is 2.12. The largest absolute Gasteiger partial charge is 0.388 e. The number of rotatable bonds is 3. The maximum absolute atomic E-state index is 8.00. The number of ether oxygens (including phenoxy) is 1. The lowest BCUT2D eigenvalue weighted by molar-refractivity contribution is -0.0979. The van der Waals surface area contributed by atoms with Crippen molar-refractivity contribution in [2.24, 2.45) is 0 Å². The van der Waals surface area contributed by atoms with Gasteiger partial charge in [0, 0.05) is 40.1 Å². The molecule has 0 unspecified atom stereocenters. The van der Waals surface area contributed by atoms with Crippen molar-refractivity contribution in [1.29, 1.82) is 0 Å². The summed E-state index contributed by atoms with van der Waals surface area (Å²) in [6.07, 6.45) is 4.49. The van der Waals surface area contributed by atoms with Gasteiger partial charge < -0.3 is 14.8 Å². The molecular weight excluding hydrogens is 436 g/mol. The maximum Gasteiger partial charge on any atom is 0.161 e. The van der Waals surface area contributed by atoms with E-state index >= 15 is 0 Å². The van der Waals surface area contributed by atoms with E-state index in [0.29, 0.717) is 5.02 Å². The van der Waals surface area contributed by atoms with Crippen molar-refractivity contribution in [3.05, 3.63) is 70.4 Å². The highest BCUT2D eigenvalue weighted by atomic mass is 35.5. The first kappa shape index (κ1) is 30.3. The van der Waals surface area contributed by atoms with E-state index in [1.807, 2.05) is 37.6 Å². The van der Waals surface area contributed by atoms with Gasteiger partial charge in [-0.2, -0.15) is 0 Å². The number of anilines is 1. The molecule has 1 N–H and O–H groups in total. The predicted octanol–water partition coefficient (Wildman–Crippen LogP) is 6.20. The average molecular weight is 475 g/mol. The van der Waals surface area contributed by atoms with Crippen LogP contribution in [0.2, 0.25) is 5.02 Å². The standard InChI is InChI=1S/C12H15ClN4.C11H16.C2H6O.CH2O/c1-4-11-16-8(2)7-17(11)12-10(14-3)5-9(13)6-15-12;1-9-5-7-10(8-6-9)11(2,3)4;1-3-2;1-2/h5-7,14H,4H2,1-3H3;5-8H,1-4H3;1-2H3;1H2. The number of benzene rings is 1. The molecule has 0 bridgehead atoms. The first-order valence-corrected chi connectivity index (χ1v) is 11.1. The molecular formula is C26H39ClN4O2. The Kier molecular flexibility index (Phi) is 14.0. The number of carbonyl (C=O) groups excluding carboxylic acids is 1. The summed E-state index contributed by atoms with van der Waals surface area (Å²) in [6.45, 7) is 14.9. The van der Waals surface area contributed by atoms with Gasteiger partial charge in [-0.15, -0.1) is 0 Å². The van der Waals surface area contributed by atoms with Gasteiger partial charge in [0.25, 0.3) is 0 Å². The van der Waals surface area contributed by atoms with Gasteiger partial charge in [0.15, 0.2) is 5.82 Å². The predicted molar refractivity (Wildman–Crippen MR) is 140 cm³/mol. The molecule has 2 heterocycles. The molecule has 0 atom stereocenters. The Morgan fingerprint density at radius 1 is 1.12 bits per heavy atom. The molecule has 0 aliphatic carbocycles. The number of methoxy groups -OCH3 is 1. The van der Waals surface area contributed by atoms with E-state index in [0.717, 1.165) is 29.4 Å². The van der Waals surface area contributed by atoms with Gasteiger partial charge in [-0.05, 0) is 30.9 Å². The van der Waals surface area contributed by atoms with E-state index in [1.54, 1.807) is 20.4 Å². The fourth-order valence-corrected chi connectivity index (χ4v) is 3.00. The number of hydrogen-bond donors (Lipinski definition) is 1. The van der Waals surface area contributed by atoms with E-state index in [-0.39, 0.29) is 5.41 Å². The van der Waals surface area contributed by atoms with E-state index in [1.165, 1.54) is 11.1 Å². The normalized spacial score (nSPS) is 10.0. The molecule has 0 spiro atoms. The van der Waals surface area contributed by atoms with Crippen LogP contribution in [0.15, 0.2) is 42.7 Å². The van der Waals surface area contributed by atoms with E-state index in [2.05, 4.69) is 78.9 Å². The fourth-order valence-electron chi connectivity index (χ4n) is 2.84. The van der Waals surface area contributed by atoms with Gasteiger partial charge in [0.1, 0.15) is 12.6 Å². The van der Waals surface area contributed by atoms with E-state index in [9.17, 15) is 0 Å². The second-order valence-corrected chi connectivity index (χ2v) is 8.76. The van der Waals surface area contributed by atoms with Crippen molar-refractivity contribution in [3.63, 3.8) is 0 Å². The van der Waals surface area contributed by atoms with Gasteiger partial charge in [0.05, 0.1) is 16.4 Å². The number of aryl methyl sites for hydroxylation is 3. The number of hydrogen-bond acceptors (Lipinski definition) is 5. The molecule has 0 fully saturated rings. The molecule has 0 saturated carbocycles. The first-order chi connectivity index (χ1) is 15.6. The lowest BCUT2D eigenvalue weighted by atomic mass is 9.87. The Morgan fingerprint density at radius 3 is 2.12 bits per heavy atom. The molecule has 2 aromatic heterocycles. The maximum atomic E-state index is 8.00. The zero-order chi connectivity index (χ0) is 25.6. The number of halogens is 1. The van der Waals surface area contributed by atoms with Crippen LogP contribution in [0.4, 0.5) is 5.69 Å². The second kappa shape index (κ2) is 15.2. The summed E-state index contributed by atoms with van der Waals surface area (Å²) in [5.41, 5.74) is 4.90. The molecule has 0 amide bonds. The van der Waals surface area contributed by atoms with Gasteiger partial charge in [-0.3, -0.25) is 4.57 Å². The average Bonchev–Trinajstić information content (AvgIpc) is 3.16. The topological polar surface area (TPSA) is 69.0 Å². The summed E-state index contributed by atoms with van der Waals surface area (Å²) in [6, 6.07) is 10.6. The quantitative estimate of drug-likeness (QED) is 0.489. The van der Waals surface area contributed by atoms with E-state index < -0.39 is 0 Å². The molecule has 3 rings (SSSR count). The summed E-state index contributed by atoms with van der Waals surface area (Å²) >= 11 is 5.93. The molecule has 182 valence electrons. The van der Waals surface area contributed by atoms with Gasteiger partial charge in [-0.25, -0.2) is 9.97 Å². The van der Waals surface area contributed by atoms with Crippen molar-refractivity contribution < 1.29 is 9.53 Å². The van der Waals surface area contributed by atoms with Gasteiger partial charge >= 0.3 is 0 Å². The minimum Gasteiger partial charge on any atom is -0.388 e. The van der Waals surface area contributed by atoms with Crippen LogP contribution in [0.3, 0.4) is 0 Å². The molecule has 0 radical (unpaired) electrons. The summed E-state index contributed by atoms with van der Waals surface area (Å²) in [7, 11) is 5.10. The van der Waals surface area contributed by atoms with Crippen molar-refractivity contribution in [1.82, 2.24) is 14.5 Å². The Balaban J connectivity index is 0.000000552. The molecule has 3 aromatic rings. The number of imidazole rings is 1. The summed E-state index contributed by atoms with van der Waals surface area (Å²) in [5, 5.41) is 3.72. The Bertz CT molecular complexity index is 948. The van der Waals surface area contributed by atoms with Gasteiger partial charge in [-0.1, -0.05) is 69.1 Å². The molecule has 7 heteroatoms. The first-order valence-electron chi connectivity index (χ1n) is 10.7. The molecule has 1 aromatic carbocycles. The monoisotopic (exact) mass is 474 g/mol. The minimum atomic E-state index is 0.285. The molecule has 6 nitrogen and oxygen atoms in total. The third-order valence-corrected chi connectivity index (χ3v) is 4.67. The lowest BCUT2D eigenvalue weighted by Crippen LogP contribution is -2.10. The molecule has 0 aliphatic heterocycles. The van der Waals surface area contributed by atoms with Crippen LogP contribution < -0.4 is 5.32 Å². The van der Waals surface area contributed by atoms with Gasteiger partial charge in [0.2, 0.25) is 0 Å². The smallest absolute Gasteiger partial charge is 0.161 e. The molecule has 0 aliphatic rings. The number of aromatic nitrogens is 3. The van der Waals surface area contributed by atoms with E-state index in [4.69, 9.17) is 16.4 Å². The van der Waals surface area contributed by atoms with Crippen LogP contribution in [0.1, 0.15) is 50.3 Å². The summed E-state index contributed by atoms with van der Waals surface area (Å²) < 4.78 is 6.25. The van der Waals surface area contributed by atoms with Crippen LogP contribution in [-0.2, 0) is 21.4 Å². The molecule has 33 heavy (non-hydrogen) atoms. The zero-order valence-corrected chi connectivity index (χ0v) is 22.2. The van der Waals surface area contributed by atoms with Crippen LogP contribution in [0.25, 0.3) is 5.82 Å². The second-order valence-electron chi connectivity index (χ2n) is 8.32. The zero-order valence-electron chi connectivity index (χ0n) is 21.5. The van der Waals surface area contributed by atoms with Crippen molar-refractivity contribution in [2.45, 2.75) is 53.4 Å².